The maximum Gasteiger partial charge on any atom is 0.254 e. The van der Waals surface area contributed by atoms with E-state index in [0.29, 0.717) is 5.56 Å². The molecule has 5 nitrogen and oxygen atoms in total. The number of fused-ring (bicyclic) bond motifs is 3. The summed E-state index contributed by atoms with van der Waals surface area (Å²) in [6, 6.07) is 27.9. The van der Waals surface area contributed by atoms with Crippen LogP contribution in [-0.4, -0.2) is 33.9 Å². The van der Waals surface area contributed by atoms with Crippen molar-refractivity contribution >= 4 is 17.5 Å². The second-order valence-electron chi connectivity index (χ2n) is 10.7. The van der Waals surface area contributed by atoms with E-state index < -0.39 is 0 Å². The molecule has 200 valence electrons. The second-order valence-corrected chi connectivity index (χ2v) is 10.7. The number of hydrogen-bond donors (Lipinski definition) is 0. The van der Waals surface area contributed by atoms with Crippen LogP contribution in [0.25, 0.3) is 5.69 Å². The van der Waals surface area contributed by atoms with Crippen LogP contribution in [0.15, 0.2) is 91.1 Å². The number of benzene rings is 3. The molecular weight excluding hydrogens is 482 g/mol. The van der Waals surface area contributed by atoms with Crippen LogP contribution in [0.3, 0.4) is 0 Å². The molecule has 2 amide bonds. The molecule has 0 aliphatic carbocycles. The maximum atomic E-state index is 14.3. The number of nitrogens with zero attached hydrogens (tertiary/aromatic N) is 3. The molecule has 1 aromatic heterocycles. The van der Waals surface area contributed by atoms with Crippen LogP contribution in [-0.2, 0) is 11.2 Å². The third-order valence-corrected chi connectivity index (χ3v) is 7.59. The standard InChI is InChI=1S/C34H37N3O2/c1-5-6-10-26-16-20-28(21-17-26)34(39)36(24(2)3)23-32(38)37-30-12-8-7-11-29(30)35-22-9-13-31(35)33(37)27-18-14-25(4)15-19-27/h7-9,11-22,24,33H,5-6,10,23H2,1-4H3/t33-/m0/s1. The van der Waals surface area contributed by atoms with Crippen molar-refractivity contribution in [1.29, 1.82) is 0 Å². The summed E-state index contributed by atoms with van der Waals surface area (Å²) in [5.41, 5.74) is 6.87. The SMILES string of the molecule is CCCCc1ccc(C(=O)N(CC(=O)N2c3ccccc3-n3cccc3[C@@H]2c2ccc(C)cc2)C(C)C)cc1. The summed E-state index contributed by atoms with van der Waals surface area (Å²) in [6.07, 6.45) is 5.32. The number of carbonyl (C=O) groups excluding carboxylic acids is 2. The molecule has 0 spiro atoms. The Kier molecular flexibility index (Phi) is 7.69. The summed E-state index contributed by atoms with van der Waals surface area (Å²) >= 11 is 0. The monoisotopic (exact) mass is 519 g/mol. The highest BCUT2D eigenvalue weighted by molar-refractivity contribution is 6.02. The average Bonchev–Trinajstić information content (AvgIpc) is 3.44. The van der Waals surface area contributed by atoms with Gasteiger partial charge in [0.2, 0.25) is 5.91 Å². The molecule has 5 rings (SSSR count). The van der Waals surface area contributed by atoms with Gasteiger partial charge in [-0.15, -0.1) is 0 Å². The first-order valence-corrected chi connectivity index (χ1v) is 13.9. The van der Waals surface area contributed by atoms with Crippen LogP contribution < -0.4 is 4.90 Å². The molecule has 39 heavy (non-hydrogen) atoms. The van der Waals surface area contributed by atoms with Gasteiger partial charge in [-0.1, -0.05) is 67.4 Å². The van der Waals surface area contributed by atoms with Crippen LogP contribution in [0.1, 0.15) is 72.4 Å². The number of rotatable bonds is 8. The zero-order chi connectivity index (χ0) is 27.5. The lowest BCUT2D eigenvalue weighted by molar-refractivity contribution is -0.120. The maximum absolute atomic E-state index is 14.3. The number of aryl methyl sites for hydroxylation is 2. The van der Waals surface area contributed by atoms with Gasteiger partial charge in [0.1, 0.15) is 12.6 Å². The smallest absolute Gasteiger partial charge is 0.254 e. The Morgan fingerprint density at radius 1 is 0.872 bits per heavy atom. The molecule has 4 aromatic rings. The number of aromatic nitrogens is 1. The first-order chi connectivity index (χ1) is 18.9. The van der Waals surface area contributed by atoms with Crippen LogP contribution in [0.5, 0.6) is 0 Å². The largest absolute Gasteiger partial charge is 0.327 e. The molecule has 5 heteroatoms. The van der Waals surface area contributed by atoms with Gasteiger partial charge in [0.15, 0.2) is 0 Å². The fourth-order valence-electron chi connectivity index (χ4n) is 5.40. The van der Waals surface area contributed by atoms with E-state index in [1.54, 1.807) is 4.90 Å². The highest BCUT2D eigenvalue weighted by atomic mass is 16.2. The number of carbonyl (C=O) groups is 2. The predicted octanol–water partition coefficient (Wildman–Crippen LogP) is 7.12. The van der Waals surface area contributed by atoms with E-state index >= 15 is 0 Å². The zero-order valence-corrected chi connectivity index (χ0v) is 23.3. The van der Waals surface area contributed by atoms with E-state index in [1.807, 2.05) is 79.5 Å². The molecule has 0 fully saturated rings. The molecule has 0 unspecified atom stereocenters. The number of hydrogen-bond acceptors (Lipinski definition) is 2. The highest BCUT2D eigenvalue weighted by Gasteiger charge is 2.37. The first-order valence-electron chi connectivity index (χ1n) is 13.9. The molecule has 1 atom stereocenters. The summed E-state index contributed by atoms with van der Waals surface area (Å²) in [6.45, 7) is 8.16. The summed E-state index contributed by atoms with van der Waals surface area (Å²) in [7, 11) is 0. The Labute approximate surface area is 231 Å². The summed E-state index contributed by atoms with van der Waals surface area (Å²) in [5.74, 6) is -0.233. The molecule has 0 radical (unpaired) electrons. The van der Waals surface area contributed by atoms with Gasteiger partial charge in [-0.05, 0) is 81.1 Å². The topological polar surface area (TPSA) is 45.6 Å². The van der Waals surface area contributed by atoms with E-state index in [1.165, 1.54) is 11.1 Å². The quantitative estimate of drug-likeness (QED) is 0.249. The fraction of sp³-hybridized carbons (Fsp3) is 0.294. The zero-order valence-electron chi connectivity index (χ0n) is 23.3. The number of para-hydroxylation sites is 2. The van der Waals surface area contributed by atoms with Crippen molar-refractivity contribution in [1.82, 2.24) is 9.47 Å². The first kappa shape index (κ1) is 26.5. The Morgan fingerprint density at radius 3 is 2.23 bits per heavy atom. The summed E-state index contributed by atoms with van der Waals surface area (Å²) in [4.78, 5) is 31.5. The van der Waals surface area contributed by atoms with Crippen LogP contribution in [0.2, 0.25) is 0 Å². The summed E-state index contributed by atoms with van der Waals surface area (Å²) < 4.78 is 2.16. The lowest BCUT2D eigenvalue weighted by Crippen LogP contribution is -2.48. The number of unbranched alkanes of at least 4 members (excludes halogenated alkanes) is 1. The van der Waals surface area contributed by atoms with E-state index in [2.05, 4.69) is 48.7 Å². The lowest BCUT2D eigenvalue weighted by Gasteiger charge is -2.40. The lowest BCUT2D eigenvalue weighted by atomic mass is 9.97. The van der Waals surface area contributed by atoms with Crippen LogP contribution in [0.4, 0.5) is 5.69 Å². The molecule has 3 aromatic carbocycles. The molecule has 1 aliphatic heterocycles. The van der Waals surface area contributed by atoms with Gasteiger partial charge in [0.25, 0.3) is 5.91 Å². The third-order valence-electron chi connectivity index (χ3n) is 7.59. The molecule has 0 saturated carbocycles. The van der Waals surface area contributed by atoms with Crippen molar-refractivity contribution in [2.45, 2.75) is 59.0 Å². The van der Waals surface area contributed by atoms with E-state index in [4.69, 9.17) is 0 Å². The second kappa shape index (κ2) is 11.3. The van der Waals surface area contributed by atoms with Crippen molar-refractivity contribution in [2.24, 2.45) is 0 Å². The Balaban J connectivity index is 1.49. The summed E-state index contributed by atoms with van der Waals surface area (Å²) in [5, 5.41) is 0. The van der Waals surface area contributed by atoms with Gasteiger partial charge < -0.3 is 9.47 Å². The molecule has 1 aliphatic rings. The van der Waals surface area contributed by atoms with Crippen molar-refractivity contribution in [3.8, 4) is 5.69 Å². The minimum absolute atomic E-state index is 0.00844. The van der Waals surface area contributed by atoms with E-state index in [-0.39, 0.29) is 30.4 Å². The number of anilines is 1. The van der Waals surface area contributed by atoms with E-state index in [0.717, 1.165) is 41.9 Å². The normalized spacial score (nSPS) is 14.2. The highest BCUT2D eigenvalue weighted by Crippen LogP contribution is 2.42. The van der Waals surface area contributed by atoms with Crippen LogP contribution >= 0.6 is 0 Å². The van der Waals surface area contributed by atoms with Gasteiger partial charge >= 0.3 is 0 Å². The van der Waals surface area contributed by atoms with Crippen molar-refractivity contribution in [3.63, 3.8) is 0 Å². The Bertz CT molecular complexity index is 1450. The van der Waals surface area contributed by atoms with Crippen molar-refractivity contribution in [2.75, 3.05) is 11.4 Å². The van der Waals surface area contributed by atoms with Crippen molar-refractivity contribution in [3.05, 3.63) is 119 Å². The third kappa shape index (κ3) is 5.26. The van der Waals surface area contributed by atoms with Gasteiger partial charge in [-0.25, -0.2) is 0 Å². The average molecular weight is 520 g/mol. The van der Waals surface area contributed by atoms with E-state index in [9.17, 15) is 9.59 Å². The Hall–Kier alpha value is -4.12. The Morgan fingerprint density at radius 2 is 1.56 bits per heavy atom. The van der Waals surface area contributed by atoms with Gasteiger partial charge in [0, 0.05) is 17.8 Å². The number of amides is 2. The molecule has 0 saturated heterocycles. The van der Waals surface area contributed by atoms with Crippen molar-refractivity contribution < 1.29 is 9.59 Å². The fourth-order valence-corrected chi connectivity index (χ4v) is 5.40. The van der Waals surface area contributed by atoms with Gasteiger partial charge in [-0.2, -0.15) is 0 Å². The molecule has 2 heterocycles. The minimum atomic E-state index is -0.301. The van der Waals surface area contributed by atoms with Crippen LogP contribution in [0, 0.1) is 6.92 Å². The van der Waals surface area contributed by atoms with Gasteiger partial charge in [0.05, 0.1) is 17.1 Å². The molecule has 0 N–H and O–H groups in total. The van der Waals surface area contributed by atoms with Gasteiger partial charge in [-0.3, -0.25) is 14.5 Å². The molecular formula is C34H37N3O2. The molecule has 0 bridgehead atoms. The minimum Gasteiger partial charge on any atom is -0.327 e. The predicted molar refractivity (Wildman–Crippen MR) is 158 cm³/mol.